The number of piperidine rings is 2. The molecule has 2 aromatic rings. The van der Waals surface area contributed by atoms with Crippen molar-refractivity contribution in [1.82, 2.24) is 19.9 Å². The first-order chi connectivity index (χ1) is 21.3. The molecule has 4 heterocycles. The fourth-order valence-corrected chi connectivity index (χ4v) is 5.15. The number of aromatic nitrogens is 4. The molecule has 0 bridgehead atoms. The van der Waals surface area contributed by atoms with Crippen molar-refractivity contribution in [2.45, 2.75) is 38.5 Å². The molecule has 44 heavy (non-hydrogen) atoms. The van der Waals surface area contributed by atoms with Crippen molar-refractivity contribution < 1.29 is 40.2 Å². The van der Waals surface area contributed by atoms with Crippen LogP contribution in [0.5, 0.6) is 0 Å². The molecule has 2 saturated heterocycles. The number of aliphatic hydroxyl groups is 4. The van der Waals surface area contributed by atoms with Crippen molar-refractivity contribution in [2.75, 3.05) is 98.4 Å². The summed E-state index contributed by atoms with van der Waals surface area (Å²) in [5.41, 5.74) is 1.31. The Balaban J connectivity index is 0.000000583. The number of nitrogens with zero attached hydrogens (tertiary/aromatic N) is 8. The molecular formula is C28H44N8O8. The fourth-order valence-electron chi connectivity index (χ4n) is 5.15. The Morgan fingerprint density at radius 3 is 1.16 bits per heavy atom. The van der Waals surface area contributed by atoms with Crippen molar-refractivity contribution in [2.24, 2.45) is 0 Å². The second-order valence-corrected chi connectivity index (χ2v) is 10.4. The van der Waals surface area contributed by atoms with Gasteiger partial charge in [0, 0.05) is 64.5 Å². The van der Waals surface area contributed by atoms with Crippen LogP contribution >= 0.6 is 0 Å². The lowest BCUT2D eigenvalue weighted by molar-refractivity contribution is -0.134. The van der Waals surface area contributed by atoms with E-state index in [0.717, 1.165) is 63.5 Å². The topological polar surface area (TPSA) is 220 Å². The van der Waals surface area contributed by atoms with Gasteiger partial charge in [-0.1, -0.05) is 0 Å². The minimum Gasteiger partial charge on any atom is -0.478 e. The van der Waals surface area contributed by atoms with E-state index in [-0.39, 0.29) is 26.4 Å². The Labute approximate surface area is 255 Å². The van der Waals surface area contributed by atoms with Gasteiger partial charge >= 0.3 is 11.9 Å². The highest BCUT2D eigenvalue weighted by molar-refractivity contribution is 5.95. The highest BCUT2D eigenvalue weighted by atomic mass is 16.4. The minimum absolute atomic E-state index is 0.0772. The molecule has 244 valence electrons. The van der Waals surface area contributed by atoms with Crippen LogP contribution in [0.15, 0.2) is 12.2 Å². The van der Waals surface area contributed by atoms with Gasteiger partial charge in [-0.2, -0.15) is 9.97 Å². The zero-order chi connectivity index (χ0) is 31.9. The van der Waals surface area contributed by atoms with Crippen molar-refractivity contribution in [3.8, 4) is 0 Å². The van der Waals surface area contributed by atoms with Gasteiger partial charge in [0.05, 0.1) is 26.4 Å². The summed E-state index contributed by atoms with van der Waals surface area (Å²) in [6.45, 7) is 4.38. The first-order valence-corrected chi connectivity index (χ1v) is 15.0. The van der Waals surface area contributed by atoms with E-state index in [1.807, 2.05) is 0 Å². The molecule has 2 aromatic heterocycles. The lowest BCUT2D eigenvalue weighted by Gasteiger charge is -2.33. The summed E-state index contributed by atoms with van der Waals surface area (Å²) in [5.74, 6) is -0.164. The largest absolute Gasteiger partial charge is 0.478 e. The van der Waals surface area contributed by atoms with Gasteiger partial charge in [0.15, 0.2) is 11.6 Å². The molecule has 4 rings (SSSR count). The number of carboxylic acid groups (broad SMARTS) is 2. The van der Waals surface area contributed by atoms with Gasteiger partial charge in [-0.3, -0.25) is 0 Å². The number of hydrogen-bond acceptors (Lipinski definition) is 14. The van der Waals surface area contributed by atoms with Crippen LogP contribution in [-0.2, 0) is 9.59 Å². The van der Waals surface area contributed by atoms with Crippen molar-refractivity contribution in [3.63, 3.8) is 0 Å². The van der Waals surface area contributed by atoms with E-state index in [9.17, 15) is 30.0 Å². The number of carboxylic acids is 2. The van der Waals surface area contributed by atoms with Gasteiger partial charge in [-0.05, 0) is 38.5 Å². The molecule has 6 N–H and O–H groups in total. The van der Waals surface area contributed by atoms with E-state index in [4.69, 9.17) is 30.1 Å². The average Bonchev–Trinajstić information content (AvgIpc) is 3.03. The maximum atomic E-state index is 9.64. The van der Waals surface area contributed by atoms with Crippen molar-refractivity contribution in [3.05, 3.63) is 12.2 Å². The van der Waals surface area contributed by atoms with Crippen LogP contribution in [0, 0.1) is 0 Å². The Hall–Kier alpha value is -3.86. The maximum Gasteiger partial charge on any atom is 0.328 e. The third-order valence-corrected chi connectivity index (χ3v) is 7.21. The molecule has 16 nitrogen and oxygen atoms in total. The Bertz CT molecular complexity index is 1130. The lowest BCUT2D eigenvalue weighted by Crippen LogP contribution is -2.36. The van der Waals surface area contributed by atoms with Crippen LogP contribution in [0.2, 0.25) is 0 Å². The van der Waals surface area contributed by atoms with Gasteiger partial charge < -0.3 is 50.2 Å². The molecule has 0 spiro atoms. The predicted molar refractivity (Wildman–Crippen MR) is 164 cm³/mol. The molecule has 0 atom stereocenters. The molecule has 0 saturated carbocycles. The predicted octanol–water partition coefficient (Wildman–Crippen LogP) is -0.306. The molecule has 0 amide bonds. The second-order valence-electron chi connectivity index (χ2n) is 10.4. The van der Waals surface area contributed by atoms with E-state index in [0.29, 0.717) is 61.3 Å². The SMILES string of the molecule is O=C(O)/C=C/C(=O)O.OCCN(CCO)c1nc(N2CCCCC2)c2nc(N(CCO)CCO)nc(N3CCCCC3)c2n1. The smallest absolute Gasteiger partial charge is 0.328 e. The zero-order valence-electron chi connectivity index (χ0n) is 25.0. The maximum absolute atomic E-state index is 9.64. The monoisotopic (exact) mass is 620 g/mol. The molecule has 0 aromatic carbocycles. The summed E-state index contributed by atoms with van der Waals surface area (Å²) in [4.78, 5) is 46.9. The van der Waals surface area contributed by atoms with E-state index in [1.165, 1.54) is 12.8 Å². The molecular weight excluding hydrogens is 576 g/mol. The summed E-state index contributed by atoms with van der Waals surface area (Å²) in [6.07, 6.45) is 7.73. The Kier molecular flexibility index (Phi) is 14.2. The van der Waals surface area contributed by atoms with Crippen LogP contribution < -0.4 is 19.6 Å². The van der Waals surface area contributed by atoms with E-state index >= 15 is 0 Å². The van der Waals surface area contributed by atoms with Crippen LogP contribution in [-0.4, -0.2) is 141 Å². The number of aliphatic hydroxyl groups excluding tert-OH is 4. The number of rotatable bonds is 14. The first kappa shape index (κ1) is 34.6. The Morgan fingerprint density at radius 1 is 0.568 bits per heavy atom. The van der Waals surface area contributed by atoms with E-state index in [1.54, 1.807) is 9.80 Å². The molecule has 2 fully saturated rings. The number of aliphatic carboxylic acids is 2. The summed E-state index contributed by atoms with van der Waals surface area (Å²) >= 11 is 0. The fraction of sp³-hybridized carbons (Fsp3) is 0.643. The second kappa shape index (κ2) is 18.1. The van der Waals surface area contributed by atoms with E-state index in [2.05, 4.69) is 9.80 Å². The molecule has 0 unspecified atom stereocenters. The van der Waals surface area contributed by atoms with Crippen LogP contribution in [0.25, 0.3) is 11.0 Å². The molecule has 0 radical (unpaired) electrons. The first-order valence-electron chi connectivity index (χ1n) is 15.0. The average molecular weight is 621 g/mol. The number of anilines is 4. The normalized spacial score (nSPS) is 15.3. The number of carbonyl (C=O) groups is 2. The quantitative estimate of drug-likeness (QED) is 0.149. The van der Waals surface area contributed by atoms with Crippen molar-refractivity contribution >= 4 is 46.5 Å². The minimum atomic E-state index is -1.26. The summed E-state index contributed by atoms with van der Waals surface area (Å²) in [5, 5.41) is 54.2. The van der Waals surface area contributed by atoms with Gasteiger partial charge in [-0.15, -0.1) is 0 Å². The van der Waals surface area contributed by atoms with Crippen LogP contribution in [0.4, 0.5) is 23.5 Å². The zero-order valence-corrected chi connectivity index (χ0v) is 25.0. The van der Waals surface area contributed by atoms with Gasteiger partial charge in [0.1, 0.15) is 11.0 Å². The van der Waals surface area contributed by atoms with Crippen LogP contribution in [0.3, 0.4) is 0 Å². The summed E-state index contributed by atoms with van der Waals surface area (Å²) < 4.78 is 0. The molecule has 16 heteroatoms. The summed E-state index contributed by atoms with van der Waals surface area (Å²) in [6, 6.07) is 0. The van der Waals surface area contributed by atoms with Gasteiger partial charge in [-0.25, -0.2) is 19.6 Å². The highest BCUT2D eigenvalue weighted by Gasteiger charge is 2.27. The van der Waals surface area contributed by atoms with Crippen molar-refractivity contribution in [1.29, 1.82) is 0 Å². The third-order valence-electron chi connectivity index (χ3n) is 7.21. The highest BCUT2D eigenvalue weighted by Crippen LogP contribution is 2.34. The summed E-state index contributed by atoms with van der Waals surface area (Å²) in [7, 11) is 0. The molecule has 2 aliphatic heterocycles. The number of fused-ring (bicyclic) bond motifs is 1. The van der Waals surface area contributed by atoms with Gasteiger partial charge in [0.25, 0.3) is 0 Å². The molecule has 0 aliphatic carbocycles. The number of hydrogen-bond donors (Lipinski definition) is 6. The standard InChI is InChI=1S/C24H40N8O4.C4H4O4/c33-15-11-31(12-16-34)23-26-20-19(21(27-23)29-7-3-1-4-8-29)25-24(32(13-17-35)14-18-36)28-22(20)30-9-5-2-6-10-30;5-3(6)1-2-4(7)8/h33-36H,1-18H2;1-2H,(H,5,6)(H,7,8)/b;2-1+. The lowest BCUT2D eigenvalue weighted by atomic mass is 10.1. The Morgan fingerprint density at radius 2 is 0.886 bits per heavy atom. The van der Waals surface area contributed by atoms with Gasteiger partial charge in [0.2, 0.25) is 11.9 Å². The third kappa shape index (κ3) is 9.83. The van der Waals surface area contributed by atoms with Crippen LogP contribution in [0.1, 0.15) is 38.5 Å². The molecule has 2 aliphatic rings. The van der Waals surface area contributed by atoms with E-state index < -0.39 is 11.9 Å².